The number of carbonyl (C=O) groups excluding carboxylic acids is 2. The van der Waals surface area contributed by atoms with Gasteiger partial charge in [0.15, 0.2) is 0 Å². The lowest BCUT2D eigenvalue weighted by molar-refractivity contribution is -0.131. The van der Waals surface area contributed by atoms with Crippen LogP contribution in [0.15, 0.2) is 48.7 Å². The first kappa shape index (κ1) is 16.2. The van der Waals surface area contributed by atoms with Crippen molar-refractivity contribution in [3.63, 3.8) is 0 Å². The van der Waals surface area contributed by atoms with Crippen molar-refractivity contribution in [2.75, 3.05) is 19.6 Å². The molecule has 0 radical (unpaired) electrons. The van der Waals surface area contributed by atoms with Gasteiger partial charge in [-0.05, 0) is 24.6 Å². The van der Waals surface area contributed by atoms with Crippen molar-refractivity contribution in [1.29, 1.82) is 0 Å². The van der Waals surface area contributed by atoms with E-state index in [9.17, 15) is 9.59 Å². The highest BCUT2D eigenvalue weighted by Crippen LogP contribution is 2.27. The van der Waals surface area contributed by atoms with Crippen LogP contribution >= 0.6 is 0 Å². The SMILES string of the molecule is CC(=O)N1CCN(C(=O)c2ccc(C)nc2)[C@@H](c2ccccc2)C1. The van der Waals surface area contributed by atoms with E-state index in [0.29, 0.717) is 25.2 Å². The normalized spacial score (nSPS) is 17.7. The number of pyridine rings is 1. The molecule has 2 aromatic rings. The molecule has 2 heterocycles. The Morgan fingerprint density at radius 3 is 2.46 bits per heavy atom. The molecule has 1 aromatic heterocycles. The number of benzene rings is 1. The van der Waals surface area contributed by atoms with E-state index >= 15 is 0 Å². The second-order valence-corrected chi connectivity index (χ2v) is 6.08. The maximum Gasteiger partial charge on any atom is 0.256 e. The molecular formula is C19H21N3O2. The fourth-order valence-electron chi connectivity index (χ4n) is 3.03. The number of carbonyl (C=O) groups is 2. The van der Waals surface area contributed by atoms with E-state index in [1.54, 1.807) is 18.0 Å². The van der Waals surface area contributed by atoms with E-state index < -0.39 is 0 Å². The summed E-state index contributed by atoms with van der Waals surface area (Å²) in [6.07, 6.45) is 1.62. The quantitative estimate of drug-likeness (QED) is 0.853. The molecule has 124 valence electrons. The second-order valence-electron chi connectivity index (χ2n) is 6.08. The van der Waals surface area contributed by atoms with Crippen LogP contribution in [0.25, 0.3) is 0 Å². The van der Waals surface area contributed by atoms with E-state index in [4.69, 9.17) is 0 Å². The molecule has 2 amide bonds. The van der Waals surface area contributed by atoms with Crippen molar-refractivity contribution < 1.29 is 9.59 Å². The number of rotatable bonds is 2. The number of aryl methyl sites for hydroxylation is 1. The molecule has 1 fully saturated rings. The zero-order chi connectivity index (χ0) is 17.1. The van der Waals surface area contributed by atoms with Gasteiger partial charge in [0.05, 0.1) is 11.6 Å². The number of piperazine rings is 1. The predicted molar refractivity (Wildman–Crippen MR) is 91.4 cm³/mol. The summed E-state index contributed by atoms with van der Waals surface area (Å²) in [6.45, 7) is 5.07. The van der Waals surface area contributed by atoms with Gasteiger partial charge in [-0.25, -0.2) is 0 Å². The largest absolute Gasteiger partial charge is 0.339 e. The first-order valence-electron chi connectivity index (χ1n) is 8.10. The Balaban J connectivity index is 1.90. The molecule has 5 heteroatoms. The summed E-state index contributed by atoms with van der Waals surface area (Å²) in [5.41, 5.74) is 2.50. The van der Waals surface area contributed by atoms with Crippen LogP contribution in [0.3, 0.4) is 0 Å². The zero-order valence-corrected chi connectivity index (χ0v) is 14.0. The van der Waals surface area contributed by atoms with E-state index in [1.165, 1.54) is 0 Å². The molecule has 1 saturated heterocycles. The van der Waals surface area contributed by atoms with E-state index in [1.807, 2.05) is 54.3 Å². The third-order valence-electron chi connectivity index (χ3n) is 4.43. The first-order chi connectivity index (χ1) is 11.6. The lowest BCUT2D eigenvalue weighted by Crippen LogP contribution is -2.51. The average molecular weight is 323 g/mol. The second kappa shape index (κ2) is 6.83. The summed E-state index contributed by atoms with van der Waals surface area (Å²) in [4.78, 5) is 32.6. The third-order valence-corrected chi connectivity index (χ3v) is 4.43. The maximum atomic E-state index is 13.0. The van der Waals surface area contributed by atoms with Crippen molar-refractivity contribution in [1.82, 2.24) is 14.8 Å². The number of hydrogen-bond acceptors (Lipinski definition) is 3. The van der Waals surface area contributed by atoms with Crippen LogP contribution in [0.5, 0.6) is 0 Å². The van der Waals surface area contributed by atoms with Gasteiger partial charge in [0.1, 0.15) is 0 Å². The molecule has 1 aliphatic heterocycles. The average Bonchev–Trinajstić information content (AvgIpc) is 2.62. The summed E-state index contributed by atoms with van der Waals surface area (Å²) in [7, 11) is 0. The van der Waals surface area contributed by atoms with E-state index in [-0.39, 0.29) is 17.9 Å². The Morgan fingerprint density at radius 2 is 1.83 bits per heavy atom. The number of hydrogen-bond donors (Lipinski definition) is 0. The first-order valence-corrected chi connectivity index (χ1v) is 8.10. The van der Waals surface area contributed by atoms with Crippen LogP contribution in [0.4, 0.5) is 0 Å². The molecule has 0 spiro atoms. The minimum absolute atomic E-state index is 0.0417. The van der Waals surface area contributed by atoms with Gasteiger partial charge in [-0.1, -0.05) is 30.3 Å². The van der Waals surface area contributed by atoms with Crippen LogP contribution in [0, 0.1) is 6.92 Å². The monoisotopic (exact) mass is 323 g/mol. The summed E-state index contributed by atoms with van der Waals surface area (Å²) >= 11 is 0. The minimum Gasteiger partial charge on any atom is -0.339 e. The van der Waals surface area contributed by atoms with Gasteiger partial charge in [-0.3, -0.25) is 14.6 Å². The van der Waals surface area contributed by atoms with E-state index in [2.05, 4.69) is 4.98 Å². The van der Waals surface area contributed by atoms with Crippen molar-refractivity contribution >= 4 is 11.8 Å². The Morgan fingerprint density at radius 1 is 1.08 bits per heavy atom. The molecule has 0 aliphatic carbocycles. The molecule has 5 nitrogen and oxygen atoms in total. The Hall–Kier alpha value is -2.69. The summed E-state index contributed by atoms with van der Waals surface area (Å²) in [5.74, 6) is -0.000382. The fraction of sp³-hybridized carbons (Fsp3) is 0.316. The molecular weight excluding hydrogens is 302 g/mol. The van der Waals surface area contributed by atoms with Gasteiger partial charge < -0.3 is 9.80 Å². The molecule has 0 N–H and O–H groups in total. The van der Waals surface area contributed by atoms with E-state index in [0.717, 1.165) is 11.3 Å². The highest BCUT2D eigenvalue weighted by Gasteiger charge is 2.33. The summed E-state index contributed by atoms with van der Waals surface area (Å²) < 4.78 is 0. The molecule has 0 bridgehead atoms. The van der Waals surface area contributed by atoms with Crippen molar-refractivity contribution in [2.24, 2.45) is 0 Å². The third kappa shape index (κ3) is 3.30. The predicted octanol–water partition coefficient (Wildman–Crippen LogP) is 2.44. The molecule has 0 unspecified atom stereocenters. The Bertz CT molecular complexity index is 728. The molecule has 3 rings (SSSR count). The van der Waals surface area contributed by atoms with Crippen LogP contribution in [-0.2, 0) is 4.79 Å². The molecule has 24 heavy (non-hydrogen) atoms. The topological polar surface area (TPSA) is 53.5 Å². The Labute approximate surface area is 141 Å². The van der Waals surface area contributed by atoms with Gasteiger partial charge in [0.2, 0.25) is 5.91 Å². The number of nitrogens with zero attached hydrogens (tertiary/aromatic N) is 3. The van der Waals surface area contributed by atoms with Gasteiger partial charge >= 0.3 is 0 Å². The highest BCUT2D eigenvalue weighted by molar-refractivity contribution is 5.94. The van der Waals surface area contributed by atoms with Crippen molar-refractivity contribution in [3.05, 3.63) is 65.5 Å². The number of aromatic nitrogens is 1. The number of amides is 2. The fourth-order valence-corrected chi connectivity index (χ4v) is 3.03. The Kier molecular flexibility index (Phi) is 4.60. The van der Waals surface area contributed by atoms with Crippen LogP contribution < -0.4 is 0 Å². The van der Waals surface area contributed by atoms with Crippen LogP contribution in [0.2, 0.25) is 0 Å². The van der Waals surface area contributed by atoms with Crippen LogP contribution in [-0.4, -0.2) is 46.2 Å². The van der Waals surface area contributed by atoms with Gasteiger partial charge in [0.25, 0.3) is 5.91 Å². The van der Waals surface area contributed by atoms with Crippen LogP contribution in [0.1, 0.15) is 34.6 Å². The lowest BCUT2D eigenvalue weighted by Gasteiger charge is -2.41. The molecule has 1 aliphatic rings. The van der Waals surface area contributed by atoms with Gasteiger partial charge in [-0.2, -0.15) is 0 Å². The maximum absolute atomic E-state index is 13.0. The highest BCUT2D eigenvalue weighted by atomic mass is 16.2. The summed E-state index contributed by atoms with van der Waals surface area (Å²) in [6, 6.07) is 13.4. The molecule has 0 saturated carbocycles. The molecule has 1 atom stereocenters. The standard InChI is InChI=1S/C19H21N3O2/c1-14-8-9-17(12-20-14)19(24)22-11-10-21(15(2)23)13-18(22)16-6-4-3-5-7-16/h3-9,12,18H,10-11,13H2,1-2H3/t18-/m1/s1. The summed E-state index contributed by atoms with van der Waals surface area (Å²) in [5, 5.41) is 0. The minimum atomic E-state index is -0.141. The smallest absolute Gasteiger partial charge is 0.256 e. The zero-order valence-electron chi connectivity index (χ0n) is 14.0. The van der Waals surface area contributed by atoms with Gasteiger partial charge in [-0.15, -0.1) is 0 Å². The van der Waals surface area contributed by atoms with Crippen molar-refractivity contribution in [3.8, 4) is 0 Å². The van der Waals surface area contributed by atoms with Crippen molar-refractivity contribution in [2.45, 2.75) is 19.9 Å². The molecule has 1 aromatic carbocycles. The van der Waals surface area contributed by atoms with Gasteiger partial charge in [0, 0.05) is 38.4 Å². The lowest BCUT2D eigenvalue weighted by atomic mass is 10.0.